The van der Waals surface area contributed by atoms with Gasteiger partial charge in [-0.05, 0) is 104 Å². The van der Waals surface area contributed by atoms with Crippen LogP contribution in [-0.4, -0.2) is 15.4 Å². The fraction of sp³-hybridized carbons (Fsp3) is 0.280. The van der Waals surface area contributed by atoms with Gasteiger partial charge in [0.2, 0.25) is 0 Å². The largest absolute Gasteiger partial charge is 2.00 e. The van der Waals surface area contributed by atoms with Crippen LogP contribution in [0.2, 0.25) is 0 Å². The summed E-state index contributed by atoms with van der Waals surface area (Å²) >= 11 is 0. The maximum absolute atomic E-state index is 7.00. The van der Waals surface area contributed by atoms with E-state index in [-0.39, 0.29) is 32.6 Å². The molecule has 284 valence electrons. The van der Waals surface area contributed by atoms with Crippen LogP contribution in [0.5, 0.6) is 11.5 Å². The standard InChI is InChI=1S/C50H47N3O2.Pt/c1-27-12-15-41-38(20-27)36-14-13-35(25-42(36)53(41)44-24-34(16-17-51-44)49(8,9)10)54-43-26-37(30(4)23-31(43)5)48-52-50(11)40-22-29(3)19-33(7)46(40)45-32(6)18-28(2)21-39(45)47(50)55-48;/h12-24,47H,1-11H3;/q-2;+2/t47-,50+;/m0./s1. The Bertz CT molecular complexity index is 2800. The van der Waals surface area contributed by atoms with Crippen LogP contribution in [-0.2, 0) is 36.8 Å². The Balaban J connectivity index is 0.00000441. The Kier molecular flexibility index (Phi) is 9.01. The van der Waals surface area contributed by atoms with E-state index in [4.69, 9.17) is 19.5 Å². The van der Waals surface area contributed by atoms with E-state index in [2.05, 4.69) is 160 Å². The summed E-state index contributed by atoms with van der Waals surface area (Å²) in [6.07, 6.45) is 1.63. The number of aryl methyl sites for hydroxylation is 7. The number of fused-ring (bicyclic) bond motifs is 9. The zero-order valence-corrected chi connectivity index (χ0v) is 36.3. The molecule has 0 saturated carbocycles. The number of ether oxygens (including phenoxy) is 2. The zero-order valence-electron chi connectivity index (χ0n) is 34.1. The van der Waals surface area contributed by atoms with Crippen molar-refractivity contribution in [3.05, 3.63) is 152 Å². The first-order valence-electron chi connectivity index (χ1n) is 19.3. The van der Waals surface area contributed by atoms with Gasteiger partial charge in [-0.15, -0.1) is 29.1 Å². The van der Waals surface area contributed by atoms with Crippen molar-refractivity contribution in [3.8, 4) is 28.4 Å². The van der Waals surface area contributed by atoms with Crippen molar-refractivity contribution >= 4 is 27.7 Å². The quantitative estimate of drug-likeness (QED) is 0.165. The van der Waals surface area contributed by atoms with E-state index in [1.165, 1.54) is 55.6 Å². The summed E-state index contributed by atoms with van der Waals surface area (Å²) in [5, 5.41) is 2.26. The van der Waals surface area contributed by atoms with E-state index in [0.717, 1.165) is 44.3 Å². The number of aliphatic imine (C=N–C) groups is 1. The van der Waals surface area contributed by atoms with Gasteiger partial charge in [0.05, 0.1) is 0 Å². The SMILES string of the molecule is Cc1cc(C)c2c(c1)[C@@H]1OC(c3[c-]c(Oc4[c-]c5c(cc4)c4cc(C)ccc4n5-c4cc(C(C)(C)C)ccn4)c(C)cc3C)=N[C@]1(C)c1cc(C)cc(C)c1-2.[Pt+2]. The van der Waals surface area contributed by atoms with Gasteiger partial charge in [0, 0.05) is 28.8 Å². The summed E-state index contributed by atoms with van der Waals surface area (Å²) in [6.45, 7) is 24.0. The van der Waals surface area contributed by atoms with E-state index in [0.29, 0.717) is 17.4 Å². The van der Waals surface area contributed by atoms with Gasteiger partial charge in [0.25, 0.3) is 0 Å². The van der Waals surface area contributed by atoms with E-state index >= 15 is 0 Å². The maximum Gasteiger partial charge on any atom is 2.00 e. The van der Waals surface area contributed by atoms with Gasteiger partial charge < -0.3 is 14.0 Å². The van der Waals surface area contributed by atoms with Crippen LogP contribution < -0.4 is 4.74 Å². The van der Waals surface area contributed by atoms with E-state index in [1.807, 2.05) is 12.3 Å². The average Bonchev–Trinajstić information content (AvgIpc) is 3.64. The van der Waals surface area contributed by atoms with Crippen LogP contribution in [0.1, 0.15) is 95.0 Å². The van der Waals surface area contributed by atoms with Crippen LogP contribution in [0, 0.1) is 60.6 Å². The molecule has 2 atom stereocenters. The van der Waals surface area contributed by atoms with Crippen molar-refractivity contribution in [3.63, 3.8) is 0 Å². The summed E-state index contributed by atoms with van der Waals surface area (Å²) in [6, 6.07) is 33.6. The topological polar surface area (TPSA) is 48.6 Å². The number of benzene rings is 5. The van der Waals surface area contributed by atoms with Crippen LogP contribution in [0.15, 0.2) is 84.0 Å². The van der Waals surface area contributed by atoms with Gasteiger partial charge in [-0.3, -0.25) is 4.99 Å². The minimum Gasteiger partial charge on any atom is -0.509 e. The van der Waals surface area contributed by atoms with Gasteiger partial charge in [0.1, 0.15) is 23.4 Å². The third-order valence-electron chi connectivity index (χ3n) is 11.6. The van der Waals surface area contributed by atoms with Gasteiger partial charge >= 0.3 is 21.1 Å². The van der Waals surface area contributed by atoms with Gasteiger partial charge in [-0.2, -0.15) is 6.07 Å². The van der Waals surface area contributed by atoms with Crippen LogP contribution in [0.3, 0.4) is 0 Å². The first-order chi connectivity index (χ1) is 26.1. The fourth-order valence-corrected chi connectivity index (χ4v) is 9.01. The van der Waals surface area contributed by atoms with Gasteiger partial charge in [-0.1, -0.05) is 110 Å². The molecule has 1 aliphatic carbocycles. The minimum absolute atomic E-state index is 0. The van der Waals surface area contributed by atoms with Crippen LogP contribution in [0.25, 0.3) is 38.8 Å². The third-order valence-corrected chi connectivity index (χ3v) is 11.6. The molecular weight excluding hydrogens is 870 g/mol. The molecule has 0 saturated heterocycles. The predicted molar refractivity (Wildman–Crippen MR) is 224 cm³/mol. The molecule has 0 amide bonds. The van der Waals surface area contributed by atoms with Crippen molar-refractivity contribution < 1.29 is 30.5 Å². The summed E-state index contributed by atoms with van der Waals surface area (Å²) < 4.78 is 15.9. The molecular formula is C50H47N3O2Pt. The molecule has 2 aromatic heterocycles. The minimum atomic E-state index is -0.607. The second-order valence-electron chi connectivity index (χ2n) is 17.1. The van der Waals surface area contributed by atoms with Crippen molar-refractivity contribution in [1.82, 2.24) is 9.55 Å². The van der Waals surface area contributed by atoms with Gasteiger partial charge in [-0.25, -0.2) is 4.98 Å². The zero-order chi connectivity index (χ0) is 38.7. The normalized spacial score (nSPS) is 17.2. The Labute approximate surface area is 345 Å². The van der Waals surface area contributed by atoms with Crippen molar-refractivity contribution in [2.45, 2.75) is 93.2 Å². The molecule has 3 heterocycles. The molecule has 0 fully saturated rings. The third kappa shape index (κ3) is 5.93. The molecule has 56 heavy (non-hydrogen) atoms. The predicted octanol–water partition coefficient (Wildman–Crippen LogP) is 12.4. The average molecular weight is 917 g/mol. The number of pyridine rings is 1. The second-order valence-corrected chi connectivity index (χ2v) is 17.1. The summed E-state index contributed by atoms with van der Waals surface area (Å²) in [4.78, 5) is 10.3. The Morgan fingerprint density at radius 3 is 2.21 bits per heavy atom. The molecule has 7 aromatic rings. The Hall–Kier alpha value is -4.99. The van der Waals surface area contributed by atoms with E-state index in [1.54, 1.807) is 0 Å². The number of hydrogen-bond acceptors (Lipinski definition) is 4. The molecule has 5 nitrogen and oxygen atoms in total. The number of nitrogens with zero attached hydrogens (tertiary/aromatic N) is 3. The molecule has 2 aliphatic rings. The van der Waals surface area contributed by atoms with Gasteiger partial charge in [0.15, 0.2) is 0 Å². The molecule has 0 radical (unpaired) electrons. The van der Waals surface area contributed by atoms with Crippen LogP contribution >= 0.6 is 0 Å². The molecule has 0 bridgehead atoms. The first-order valence-corrected chi connectivity index (χ1v) is 19.3. The second kappa shape index (κ2) is 13.3. The number of aromatic nitrogens is 2. The number of hydrogen-bond donors (Lipinski definition) is 0. The van der Waals surface area contributed by atoms with Crippen molar-refractivity contribution in [2.24, 2.45) is 4.99 Å². The van der Waals surface area contributed by atoms with Crippen LogP contribution in [0.4, 0.5) is 0 Å². The molecule has 0 spiro atoms. The summed E-state index contributed by atoms with van der Waals surface area (Å²) in [5.74, 6) is 2.67. The fourth-order valence-electron chi connectivity index (χ4n) is 9.01. The Morgan fingerprint density at radius 1 is 0.732 bits per heavy atom. The maximum atomic E-state index is 7.00. The van der Waals surface area contributed by atoms with Crippen molar-refractivity contribution in [1.29, 1.82) is 0 Å². The molecule has 0 unspecified atom stereocenters. The molecule has 9 rings (SSSR count). The summed E-state index contributed by atoms with van der Waals surface area (Å²) in [5.41, 5.74) is 16.5. The van der Waals surface area contributed by atoms with E-state index in [9.17, 15) is 0 Å². The smallest absolute Gasteiger partial charge is 0.509 e. The molecule has 6 heteroatoms. The molecule has 5 aromatic carbocycles. The molecule has 0 N–H and O–H groups in total. The molecule has 1 aliphatic heterocycles. The Morgan fingerprint density at radius 2 is 1.46 bits per heavy atom. The first kappa shape index (κ1) is 37.9. The summed E-state index contributed by atoms with van der Waals surface area (Å²) in [7, 11) is 0. The van der Waals surface area contributed by atoms with Crippen molar-refractivity contribution in [2.75, 3.05) is 0 Å². The van der Waals surface area contributed by atoms with E-state index < -0.39 is 5.54 Å². The number of rotatable bonds is 4. The monoisotopic (exact) mass is 916 g/mol.